The van der Waals surface area contributed by atoms with Crippen LogP contribution < -0.4 is 14.5 Å². The monoisotopic (exact) mass is 451 g/mol. The molecule has 0 fully saturated rings. The van der Waals surface area contributed by atoms with E-state index in [9.17, 15) is 13.2 Å². The Kier molecular flexibility index (Phi) is 7.27. The highest BCUT2D eigenvalue weighted by Gasteiger charge is 2.29. The molecule has 0 spiro atoms. The fraction of sp³-hybridized carbons (Fsp3) is 0.167. The van der Waals surface area contributed by atoms with Gasteiger partial charge in [-0.1, -0.05) is 59.7 Å². The molecule has 0 aliphatic heterocycles. The molecule has 0 unspecified atom stereocenters. The van der Waals surface area contributed by atoms with E-state index in [1.54, 1.807) is 36.4 Å². The fourth-order valence-electron chi connectivity index (χ4n) is 3.07. The number of nitrogens with one attached hydrogen (secondary N) is 1. The van der Waals surface area contributed by atoms with E-state index in [-0.39, 0.29) is 10.6 Å². The largest absolute Gasteiger partial charge is 0.495 e. The van der Waals surface area contributed by atoms with E-state index >= 15 is 0 Å². The van der Waals surface area contributed by atoms with Crippen LogP contribution in [0.2, 0.25) is 0 Å². The molecule has 32 heavy (non-hydrogen) atoms. The predicted molar refractivity (Wildman–Crippen MR) is 126 cm³/mol. The van der Waals surface area contributed by atoms with E-state index in [0.717, 1.165) is 21.0 Å². The number of nitrogens with zero attached hydrogens (tertiary/aromatic N) is 2. The van der Waals surface area contributed by atoms with Gasteiger partial charge in [-0.3, -0.25) is 9.10 Å². The van der Waals surface area contributed by atoms with Gasteiger partial charge in [0, 0.05) is 0 Å². The Morgan fingerprint density at radius 1 is 1.00 bits per heavy atom. The van der Waals surface area contributed by atoms with Crippen LogP contribution in [0, 0.1) is 13.8 Å². The Morgan fingerprint density at radius 3 is 2.41 bits per heavy atom. The maximum atomic E-state index is 13.4. The maximum absolute atomic E-state index is 13.4. The number of amides is 1. The molecule has 0 aromatic heterocycles. The molecule has 166 valence electrons. The molecule has 0 radical (unpaired) electrons. The van der Waals surface area contributed by atoms with Crippen LogP contribution in [0.4, 0.5) is 5.69 Å². The quantitative estimate of drug-likeness (QED) is 0.418. The second-order valence-corrected chi connectivity index (χ2v) is 9.07. The van der Waals surface area contributed by atoms with E-state index in [1.807, 2.05) is 38.1 Å². The third-order valence-electron chi connectivity index (χ3n) is 4.70. The number of rotatable bonds is 8. The average molecular weight is 452 g/mol. The minimum Gasteiger partial charge on any atom is -0.495 e. The van der Waals surface area contributed by atoms with Gasteiger partial charge < -0.3 is 4.74 Å². The Morgan fingerprint density at radius 2 is 1.72 bits per heavy atom. The number of sulfonamides is 1. The lowest BCUT2D eigenvalue weighted by atomic mass is 10.2. The Balaban J connectivity index is 1.89. The smallest absolute Gasteiger partial charge is 0.264 e. The zero-order valence-electron chi connectivity index (χ0n) is 18.1. The van der Waals surface area contributed by atoms with Crippen molar-refractivity contribution < 1.29 is 17.9 Å². The summed E-state index contributed by atoms with van der Waals surface area (Å²) in [5.74, 6) is -0.255. The van der Waals surface area contributed by atoms with Crippen molar-refractivity contribution in [1.82, 2.24) is 5.43 Å². The standard InChI is InChI=1S/C24H25N3O4S/c1-18-11-13-21(14-12-18)32(29,30)27(22-9-4-5-10-23(22)31-3)17-24(28)26-25-16-20-8-6-7-19(2)15-20/h4-16H,17H2,1-3H3,(H,26,28)/b25-16-. The van der Waals surface area contributed by atoms with Crippen LogP contribution in [0.5, 0.6) is 5.75 Å². The third kappa shape index (κ3) is 5.53. The van der Waals surface area contributed by atoms with Gasteiger partial charge in [-0.05, 0) is 43.7 Å². The van der Waals surface area contributed by atoms with Crippen molar-refractivity contribution in [3.63, 3.8) is 0 Å². The van der Waals surface area contributed by atoms with Crippen LogP contribution >= 0.6 is 0 Å². The zero-order chi connectivity index (χ0) is 23.1. The summed E-state index contributed by atoms with van der Waals surface area (Å²) in [6, 6.07) is 20.7. The summed E-state index contributed by atoms with van der Waals surface area (Å²) in [6.07, 6.45) is 1.51. The minimum absolute atomic E-state index is 0.0741. The first-order chi connectivity index (χ1) is 15.3. The topological polar surface area (TPSA) is 88.1 Å². The van der Waals surface area contributed by atoms with Crippen LogP contribution in [-0.2, 0) is 14.8 Å². The number of benzene rings is 3. The molecular weight excluding hydrogens is 426 g/mol. The van der Waals surface area contributed by atoms with Gasteiger partial charge in [-0.25, -0.2) is 13.8 Å². The maximum Gasteiger partial charge on any atom is 0.264 e. The molecule has 0 saturated carbocycles. The van der Waals surface area contributed by atoms with Crippen LogP contribution in [0.25, 0.3) is 0 Å². The normalized spacial score (nSPS) is 11.3. The molecule has 0 bridgehead atoms. The van der Waals surface area contributed by atoms with Gasteiger partial charge >= 0.3 is 0 Å². The third-order valence-corrected chi connectivity index (χ3v) is 6.47. The van der Waals surface area contributed by atoms with Crippen molar-refractivity contribution in [2.45, 2.75) is 18.7 Å². The van der Waals surface area contributed by atoms with Crippen molar-refractivity contribution in [2.24, 2.45) is 5.10 Å². The first-order valence-corrected chi connectivity index (χ1v) is 11.4. The van der Waals surface area contributed by atoms with E-state index in [4.69, 9.17) is 4.74 Å². The molecule has 0 atom stereocenters. The molecule has 0 saturated heterocycles. The SMILES string of the molecule is COc1ccccc1N(CC(=O)N/N=C\c1cccc(C)c1)S(=O)(=O)c1ccc(C)cc1. The fourth-order valence-corrected chi connectivity index (χ4v) is 4.50. The van der Waals surface area contributed by atoms with Crippen LogP contribution in [0.1, 0.15) is 16.7 Å². The Labute approximate surface area is 188 Å². The molecule has 8 heteroatoms. The van der Waals surface area contributed by atoms with Gasteiger partial charge in [0.15, 0.2) is 0 Å². The Bertz CT molecular complexity index is 1220. The van der Waals surface area contributed by atoms with E-state index < -0.39 is 22.5 Å². The number of methoxy groups -OCH3 is 1. The summed E-state index contributed by atoms with van der Waals surface area (Å²) in [7, 11) is -2.59. The zero-order valence-corrected chi connectivity index (χ0v) is 19.0. The number of hydrogen-bond acceptors (Lipinski definition) is 5. The molecule has 3 aromatic rings. The molecule has 7 nitrogen and oxygen atoms in total. The molecule has 1 N–H and O–H groups in total. The van der Waals surface area contributed by atoms with E-state index in [0.29, 0.717) is 5.75 Å². The summed E-state index contributed by atoms with van der Waals surface area (Å²) < 4.78 is 33.2. The minimum atomic E-state index is -4.04. The van der Waals surface area contributed by atoms with Crippen molar-refractivity contribution in [3.05, 3.63) is 89.5 Å². The molecular formula is C24H25N3O4S. The van der Waals surface area contributed by atoms with Gasteiger partial charge in [-0.15, -0.1) is 0 Å². The van der Waals surface area contributed by atoms with Gasteiger partial charge in [0.25, 0.3) is 15.9 Å². The molecule has 3 aromatic carbocycles. The van der Waals surface area contributed by atoms with Gasteiger partial charge in [-0.2, -0.15) is 5.10 Å². The van der Waals surface area contributed by atoms with Crippen molar-refractivity contribution in [3.8, 4) is 5.75 Å². The van der Waals surface area contributed by atoms with Gasteiger partial charge in [0.05, 0.1) is 23.9 Å². The van der Waals surface area contributed by atoms with E-state index in [2.05, 4.69) is 10.5 Å². The van der Waals surface area contributed by atoms with Gasteiger partial charge in [0.1, 0.15) is 12.3 Å². The number of hydrogen-bond donors (Lipinski definition) is 1. The number of para-hydroxylation sites is 2. The number of hydrazone groups is 1. The molecule has 0 aliphatic carbocycles. The lowest BCUT2D eigenvalue weighted by molar-refractivity contribution is -0.119. The van der Waals surface area contributed by atoms with Crippen LogP contribution in [0.15, 0.2) is 82.8 Å². The summed E-state index contributed by atoms with van der Waals surface area (Å²) in [5, 5.41) is 3.96. The molecule has 0 heterocycles. The first kappa shape index (κ1) is 23.0. The number of carbonyl (C=O) groups is 1. The summed E-state index contributed by atoms with van der Waals surface area (Å²) in [6.45, 7) is 3.35. The van der Waals surface area contributed by atoms with Crippen molar-refractivity contribution in [2.75, 3.05) is 18.0 Å². The van der Waals surface area contributed by atoms with Crippen LogP contribution in [0.3, 0.4) is 0 Å². The summed E-state index contributed by atoms with van der Waals surface area (Å²) >= 11 is 0. The number of carbonyl (C=O) groups excluding carboxylic acids is 1. The highest BCUT2D eigenvalue weighted by Crippen LogP contribution is 2.32. The average Bonchev–Trinajstić information content (AvgIpc) is 2.78. The Hall–Kier alpha value is -3.65. The van der Waals surface area contributed by atoms with E-state index in [1.165, 1.54) is 25.5 Å². The first-order valence-electron chi connectivity index (χ1n) is 9.92. The lowest BCUT2D eigenvalue weighted by Crippen LogP contribution is -2.39. The lowest BCUT2D eigenvalue weighted by Gasteiger charge is -2.25. The second-order valence-electron chi connectivity index (χ2n) is 7.20. The number of ether oxygens (including phenoxy) is 1. The predicted octanol–water partition coefficient (Wildman–Crippen LogP) is 3.66. The van der Waals surface area contributed by atoms with Crippen molar-refractivity contribution >= 4 is 27.8 Å². The van der Waals surface area contributed by atoms with Crippen molar-refractivity contribution in [1.29, 1.82) is 0 Å². The van der Waals surface area contributed by atoms with Crippen LogP contribution in [-0.4, -0.2) is 34.2 Å². The number of anilines is 1. The molecule has 1 amide bonds. The highest BCUT2D eigenvalue weighted by atomic mass is 32.2. The molecule has 0 aliphatic rings. The molecule has 3 rings (SSSR count). The number of aryl methyl sites for hydroxylation is 2. The second kappa shape index (κ2) is 10.1. The summed E-state index contributed by atoms with van der Waals surface area (Å²) in [5.41, 5.74) is 5.47. The van der Waals surface area contributed by atoms with Gasteiger partial charge in [0.2, 0.25) is 0 Å². The summed E-state index contributed by atoms with van der Waals surface area (Å²) in [4.78, 5) is 12.7. The highest BCUT2D eigenvalue weighted by molar-refractivity contribution is 7.92.